The molecule has 1 saturated heterocycles. The maximum absolute atomic E-state index is 12.8. The molecule has 1 aromatic carbocycles. The van der Waals surface area contributed by atoms with Crippen molar-refractivity contribution in [3.8, 4) is 5.75 Å². The molecule has 1 aliphatic rings. The molecule has 0 spiro atoms. The summed E-state index contributed by atoms with van der Waals surface area (Å²) in [6.07, 6.45) is 0. The van der Waals surface area contributed by atoms with Crippen molar-refractivity contribution in [2.75, 3.05) is 36.4 Å². The van der Waals surface area contributed by atoms with Gasteiger partial charge < -0.3 is 20.2 Å². The lowest BCUT2D eigenvalue weighted by molar-refractivity contribution is 0.0741. The summed E-state index contributed by atoms with van der Waals surface area (Å²) < 4.78 is 0. The number of para-hydroxylation sites is 2. The molecule has 1 fully saturated rings. The first kappa shape index (κ1) is 19.1. The minimum atomic E-state index is -0.0902. The number of nitrogens with one attached hydrogen (secondary N) is 1. The molecular weight excluding hydrogens is 388 g/mol. The third-order valence-corrected chi connectivity index (χ3v) is 5.47. The highest BCUT2D eigenvalue weighted by molar-refractivity contribution is 7.14. The van der Waals surface area contributed by atoms with E-state index >= 15 is 0 Å². The SMILES string of the molecule is Cc1cc(C)nc(Nc2nc(C(=O)N3CCN(c4ccccc4O)CC3)cs2)n1. The molecule has 0 bridgehead atoms. The molecular formula is C20H22N6O2S. The fraction of sp³-hybridized carbons (Fsp3) is 0.300. The summed E-state index contributed by atoms with van der Waals surface area (Å²) in [7, 11) is 0. The van der Waals surface area contributed by atoms with Crippen molar-refractivity contribution >= 4 is 34.0 Å². The molecule has 3 aromatic rings. The minimum absolute atomic E-state index is 0.0902. The summed E-state index contributed by atoms with van der Waals surface area (Å²) in [6.45, 7) is 6.29. The average Bonchev–Trinajstić information content (AvgIpc) is 3.15. The van der Waals surface area contributed by atoms with Gasteiger partial charge >= 0.3 is 0 Å². The van der Waals surface area contributed by atoms with Gasteiger partial charge in [0.1, 0.15) is 11.4 Å². The lowest BCUT2D eigenvalue weighted by Gasteiger charge is -2.36. The van der Waals surface area contributed by atoms with Crippen molar-refractivity contribution < 1.29 is 9.90 Å². The van der Waals surface area contributed by atoms with Gasteiger partial charge in [0.05, 0.1) is 5.69 Å². The molecule has 2 aromatic heterocycles. The summed E-state index contributed by atoms with van der Waals surface area (Å²) in [5.41, 5.74) is 2.96. The van der Waals surface area contributed by atoms with Gasteiger partial charge in [-0.25, -0.2) is 15.0 Å². The van der Waals surface area contributed by atoms with Gasteiger partial charge in [-0.15, -0.1) is 11.3 Å². The predicted molar refractivity (Wildman–Crippen MR) is 113 cm³/mol. The van der Waals surface area contributed by atoms with E-state index < -0.39 is 0 Å². The van der Waals surface area contributed by atoms with Crippen molar-refractivity contribution in [2.45, 2.75) is 13.8 Å². The molecule has 9 heteroatoms. The van der Waals surface area contributed by atoms with Crippen LogP contribution in [0.4, 0.5) is 16.8 Å². The molecule has 2 N–H and O–H groups in total. The first-order chi connectivity index (χ1) is 14.0. The van der Waals surface area contributed by atoms with Gasteiger partial charge in [-0.2, -0.15) is 0 Å². The summed E-state index contributed by atoms with van der Waals surface area (Å²) in [6, 6.07) is 9.17. The monoisotopic (exact) mass is 410 g/mol. The number of rotatable bonds is 4. The first-order valence-corrected chi connectivity index (χ1v) is 10.2. The van der Waals surface area contributed by atoms with E-state index in [-0.39, 0.29) is 11.7 Å². The van der Waals surface area contributed by atoms with Crippen molar-refractivity contribution in [3.05, 3.63) is 52.8 Å². The fourth-order valence-corrected chi connectivity index (χ4v) is 4.03. The number of hydrogen-bond donors (Lipinski definition) is 2. The molecule has 1 amide bonds. The van der Waals surface area contributed by atoms with E-state index in [2.05, 4.69) is 25.2 Å². The number of aryl methyl sites for hydroxylation is 2. The zero-order chi connectivity index (χ0) is 20.4. The van der Waals surface area contributed by atoms with Crippen LogP contribution in [0, 0.1) is 13.8 Å². The van der Waals surface area contributed by atoms with Gasteiger partial charge in [0, 0.05) is 42.9 Å². The molecule has 0 aliphatic carbocycles. The van der Waals surface area contributed by atoms with E-state index in [1.165, 1.54) is 11.3 Å². The molecule has 4 rings (SSSR count). The second-order valence-electron chi connectivity index (χ2n) is 6.91. The van der Waals surface area contributed by atoms with Gasteiger partial charge in [-0.3, -0.25) is 4.79 Å². The van der Waals surface area contributed by atoms with Crippen molar-refractivity contribution in [1.29, 1.82) is 0 Å². The van der Waals surface area contributed by atoms with Crippen LogP contribution in [0.3, 0.4) is 0 Å². The van der Waals surface area contributed by atoms with E-state index in [9.17, 15) is 9.90 Å². The highest BCUT2D eigenvalue weighted by Gasteiger charge is 2.25. The van der Waals surface area contributed by atoms with Crippen LogP contribution in [0.15, 0.2) is 35.7 Å². The Morgan fingerprint density at radius 2 is 1.76 bits per heavy atom. The number of phenols is 1. The van der Waals surface area contributed by atoms with Crippen molar-refractivity contribution in [1.82, 2.24) is 19.9 Å². The van der Waals surface area contributed by atoms with Crippen LogP contribution in [0.2, 0.25) is 0 Å². The van der Waals surface area contributed by atoms with Gasteiger partial charge in [0.25, 0.3) is 5.91 Å². The predicted octanol–water partition coefficient (Wildman–Crippen LogP) is 2.96. The number of amides is 1. The lowest BCUT2D eigenvalue weighted by Crippen LogP contribution is -2.48. The third-order valence-electron chi connectivity index (χ3n) is 4.71. The number of carbonyl (C=O) groups is 1. The summed E-state index contributed by atoms with van der Waals surface area (Å²) >= 11 is 1.35. The number of hydrogen-bond acceptors (Lipinski definition) is 8. The van der Waals surface area contributed by atoms with Gasteiger partial charge in [-0.05, 0) is 32.0 Å². The molecule has 1 aliphatic heterocycles. The molecule has 150 valence electrons. The van der Waals surface area contributed by atoms with Crippen LogP contribution < -0.4 is 10.2 Å². The van der Waals surface area contributed by atoms with Crippen LogP contribution in [-0.4, -0.2) is 57.0 Å². The van der Waals surface area contributed by atoms with Gasteiger partial charge in [-0.1, -0.05) is 12.1 Å². The van der Waals surface area contributed by atoms with Gasteiger partial charge in [0.2, 0.25) is 5.95 Å². The molecule has 3 heterocycles. The standard InChI is InChI=1S/C20H22N6O2S/c1-13-11-14(2)22-19(21-13)24-20-23-15(12-29-20)18(28)26-9-7-25(8-10-26)16-5-3-4-6-17(16)27/h3-6,11-12,27H,7-10H2,1-2H3,(H,21,22,23,24). The van der Waals surface area contributed by atoms with E-state index in [0.717, 1.165) is 17.1 Å². The van der Waals surface area contributed by atoms with Crippen LogP contribution in [0.1, 0.15) is 21.9 Å². The van der Waals surface area contributed by atoms with Crippen LogP contribution in [0.5, 0.6) is 5.75 Å². The largest absolute Gasteiger partial charge is 0.506 e. The summed E-state index contributed by atoms with van der Waals surface area (Å²) in [5, 5.41) is 15.4. The molecule has 0 radical (unpaired) electrons. The molecule has 29 heavy (non-hydrogen) atoms. The molecule has 0 saturated carbocycles. The maximum Gasteiger partial charge on any atom is 0.273 e. The molecule has 0 atom stereocenters. The van der Waals surface area contributed by atoms with E-state index in [0.29, 0.717) is 43.0 Å². The third kappa shape index (κ3) is 4.29. The number of carbonyl (C=O) groups excluding carboxylic acids is 1. The first-order valence-electron chi connectivity index (χ1n) is 9.36. The Morgan fingerprint density at radius 3 is 2.45 bits per heavy atom. The second-order valence-corrected chi connectivity index (χ2v) is 7.76. The number of nitrogens with zero attached hydrogens (tertiary/aromatic N) is 5. The number of benzene rings is 1. The quantitative estimate of drug-likeness (QED) is 0.683. The number of aromatic hydroxyl groups is 1. The second kappa shape index (κ2) is 8.04. The smallest absolute Gasteiger partial charge is 0.273 e. The number of phenolic OH excluding ortho intramolecular Hbond substituents is 1. The summed E-state index contributed by atoms with van der Waals surface area (Å²) in [4.78, 5) is 29.8. The number of piperazine rings is 1. The van der Waals surface area contributed by atoms with E-state index in [4.69, 9.17) is 0 Å². The maximum atomic E-state index is 12.8. The number of anilines is 3. The number of aromatic nitrogens is 3. The van der Waals surface area contributed by atoms with Gasteiger partial charge in [0.15, 0.2) is 5.13 Å². The van der Waals surface area contributed by atoms with Crippen molar-refractivity contribution in [3.63, 3.8) is 0 Å². The highest BCUT2D eigenvalue weighted by atomic mass is 32.1. The Kier molecular flexibility index (Phi) is 5.30. The fourth-order valence-electron chi connectivity index (χ4n) is 3.35. The average molecular weight is 411 g/mol. The Labute approximate surface area is 172 Å². The Morgan fingerprint density at radius 1 is 1.07 bits per heavy atom. The van der Waals surface area contributed by atoms with E-state index in [1.54, 1.807) is 22.4 Å². The van der Waals surface area contributed by atoms with Crippen LogP contribution in [-0.2, 0) is 0 Å². The zero-order valence-corrected chi connectivity index (χ0v) is 17.1. The normalized spacial score (nSPS) is 14.1. The topological polar surface area (TPSA) is 94.5 Å². The minimum Gasteiger partial charge on any atom is -0.506 e. The van der Waals surface area contributed by atoms with E-state index in [1.807, 2.05) is 32.0 Å². The lowest BCUT2D eigenvalue weighted by atomic mass is 10.2. The van der Waals surface area contributed by atoms with Crippen LogP contribution in [0.25, 0.3) is 0 Å². The summed E-state index contributed by atoms with van der Waals surface area (Å²) in [5.74, 6) is 0.649. The van der Waals surface area contributed by atoms with Crippen molar-refractivity contribution in [2.24, 2.45) is 0 Å². The Hall–Kier alpha value is -3.20. The molecule has 0 unspecified atom stereocenters. The van der Waals surface area contributed by atoms with Crippen LogP contribution >= 0.6 is 11.3 Å². The molecule has 8 nitrogen and oxygen atoms in total. The highest BCUT2D eigenvalue weighted by Crippen LogP contribution is 2.27. The Bertz CT molecular complexity index is 1010. The zero-order valence-electron chi connectivity index (χ0n) is 16.3. The Balaban J connectivity index is 1.39. The number of thiazole rings is 1.